The molecule has 1 aromatic heterocycles. The number of hydrogen-bond acceptors (Lipinski definition) is 3. The molecule has 0 spiro atoms. The first-order valence-electron chi connectivity index (χ1n) is 11.9. The van der Waals surface area contributed by atoms with Gasteiger partial charge in [0.15, 0.2) is 0 Å². The first-order valence-corrected chi connectivity index (χ1v) is 11.9. The zero-order valence-electron chi connectivity index (χ0n) is 20.3. The Labute approximate surface area is 184 Å². The highest BCUT2D eigenvalue weighted by atomic mass is 16.5. The Kier molecular flexibility index (Phi) is 9.84. The van der Waals surface area contributed by atoms with Crippen molar-refractivity contribution < 1.29 is 4.74 Å². The lowest BCUT2D eigenvalue weighted by molar-refractivity contribution is 0.233. The van der Waals surface area contributed by atoms with E-state index < -0.39 is 0 Å². The van der Waals surface area contributed by atoms with Crippen molar-refractivity contribution in [2.24, 2.45) is 0 Å². The van der Waals surface area contributed by atoms with E-state index in [0.717, 1.165) is 43.1 Å². The Morgan fingerprint density at radius 2 is 1.67 bits per heavy atom. The van der Waals surface area contributed by atoms with Crippen LogP contribution in [0, 0.1) is 6.92 Å². The lowest BCUT2D eigenvalue weighted by atomic mass is 9.94. The van der Waals surface area contributed by atoms with E-state index in [1.165, 1.54) is 47.9 Å². The minimum Gasteiger partial charge on any atom is -0.491 e. The molecule has 0 aliphatic heterocycles. The number of unbranched alkanes of at least 4 members (excludes halogenated alkanes) is 3. The average Bonchev–Trinajstić information content (AvgIpc) is 2.72. The minimum atomic E-state index is 0.139. The van der Waals surface area contributed by atoms with E-state index >= 15 is 0 Å². The molecule has 0 bridgehead atoms. The summed E-state index contributed by atoms with van der Waals surface area (Å²) >= 11 is 0. The lowest BCUT2D eigenvalue weighted by Gasteiger charge is -2.23. The number of aryl methyl sites for hydroxylation is 3. The van der Waals surface area contributed by atoms with Crippen molar-refractivity contribution >= 4 is 0 Å². The molecule has 0 radical (unpaired) electrons. The van der Waals surface area contributed by atoms with Crippen LogP contribution in [0.15, 0.2) is 24.3 Å². The number of ether oxygens (including phenoxy) is 1. The van der Waals surface area contributed by atoms with E-state index in [1.54, 1.807) is 0 Å². The van der Waals surface area contributed by atoms with Crippen LogP contribution in [0.3, 0.4) is 0 Å². The van der Waals surface area contributed by atoms with Gasteiger partial charge in [-0.1, -0.05) is 58.2 Å². The molecule has 166 valence electrons. The zero-order chi connectivity index (χ0) is 22.1. The molecule has 0 atom stereocenters. The normalized spacial score (nSPS) is 11.5. The van der Waals surface area contributed by atoms with E-state index in [2.05, 4.69) is 77.8 Å². The molecule has 0 saturated carbocycles. The Hall–Kier alpha value is -1.87. The van der Waals surface area contributed by atoms with Gasteiger partial charge in [-0.15, -0.1) is 0 Å². The number of pyridine rings is 1. The molecule has 30 heavy (non-hydrogen) atoms. The van der Waals surface area contributed by atoms with Gasteiger partial charge in [-0.25, -0.2) is 0 Å². The second-order valence-electron chi connectivity index (χ2n) is 8.69. The van der Waals surface area contributed by atoms with Crippen LogP contribution in [0.25, 0.3) is 11.3 Å². The molecule has 0 aliphatic carbocycles. The Bertz CT molecular complexity index is 775. The van der Waals surface area contributed by atoms with Crippen molar-refractivity contribution in [1.29, 1.82) is 0 Å². The fourth-order valence-electron chi connectivity index (χ4n) is 4.08. The van der Waals surface area contributed by atoms with Crippen molar-refractivity contribution in [2.75, 3.05) is 13.6 Å². The van der Waals surface area contributed by atoms with Gasteiger partial charge in [-0.2, -0.15) is 0 Å². The highest BCUT2D eigenvalue weighted by Crippen LogP contribution is 2.33. The van der Waals surface area contributed by atoms with Gasteiger partial charge in [0.25, 0.3) is 0 Å². The summed E-state index contributed by atoms with van der Waals surface area (Å²) < 4.78 is 6.31. The number of rotatable bonds is 12. The highest BCUT2D eigenvalue weighted by molar-refractivity contribution is 5.70. The molecule has 0 unspecified atom stereocenters. The topological polar surface area (TPSA) is 25.4 Å². The van der Waals surface area contributed by atoms with Crippen LogP contribution in [-0.2, 0) is 19.4 Å². The van der Waals surface area contributed by atoms with Gasteiger partial charge < -0.3 is 9.64 Å². The first-order chi connectivity index (χ1) is 14.4. The third kappa shape index (κ3) is 6.57. The maximum Gasteiger partial charge on any atom is 0.128 e. The van der Waals surface area contributed by atoms with Crippen molar-refractivity contribution in [1.82, 2.24) is 9.88 Å². The Morgan fingerprint density at radius 1 is 1.00 bits per heavy atom. The fourth-order valence-corrected chi connectivity index (χ4v) is 4.08. The summed E-state index contributed by atoms with van der Waals surface area (Å²) in [7, 11) is 2.21. The van der Waals surface area contributed by atoms with Gasteiger partial charge in [0.2, 0.25) is 0 Å². The Morgan fingerprint density at radius 3 is 2.23 bits per heavy atom. The van der Waals surface area contributed by atoms with Gasteiger partial charge in [0.1, 0.15) is 5.75 Å². The summed E-state index contributed by atoms with van der Waals surface area (Å²) in [5.74, 6) is 0.987. The molecule has 0 aliphatic rings. The second-order valence-corrected chi connectivity index (χ2v) is 8.69. The van der Waals surface area contributed by atoms with Crippen LogP contribution in [0.5, 0.6) is 5.75 Å². The quantitative estimate of drug-likeness (QED) is 0.353. The molecule has 3 heteroatoms. The summed E-state index contributed by atoms with van der Waals surface area (Å²) in [6.45, 7) is 15.0. The van der Waals surface area contributed by atoms with E-state index in [4.69, 9.17) is 9.72 Å². The van der Waals surface area contributed by atoms with Gasteiger partial charge in [0, 0.05) is 29.4 Å². The number of nitrogens with zero attached hydrogens (tertiary/aromatic N) is 2. The average molecular weight is 411 g/mol. The van der Waals surface area contributed by atoms with Crippen molar-refractivity contribution in [3.63, 3.8) is 0 Å². The molecule has 1 heterocycles. The predicted octanol–water partition coefficient (Wildman–Crippen LogP) is 6.98. The summed E-state index contributed by atoms with van der Waals surface area (Å²) in [5, 5.41) is 0. The standard InChI is InChI=1S/C27H42N2O/c1-8-11-12-13-17-29(7)19-24-21(6)28-25(18-26(24)30-20(4)5)27-22(9-2)15-14-16-23(27)10-3/h14-16,18,20H,8-13,17,19H2,1-7H3. The van der Waals surface area contributed by atoms with Crippen LogP contribution < -0.4 is 4.74 Å². The number of hydrogen-bond donors (Lipinski definition) is 0. The molecule has 0 saturated heterocycles. The molecule has 2 rings (SSSR count). The zero-order valence-corrected chi connectivity index (χ0v) is 20.3. The maximum atomic E-state index is 6.31. The summed E-state index contributed by atoms with van der Waals surface area (Å²) in [6.07, 6.45) is 7.30. The van der Waals surface area contributed by atoms with E-state index in [-0.39, 0.29) is 6.10 Å². The first kappa shape index (κ1) is 24.4. The summed E-state index contributed by atoms with van der Waals surface area (Å²) in [5.41, 5.74) is 7.36. The lowest BCUT2D eigenvalue weighted by Crippen LogP contribution is -2.21. The molecular weight excluding hydrogens is 368 g/mol. The Balaban J connectivity index is 2.40. The number of benzene rings is 1. The smallest absolute Gasteiger partial charge is 0.128 e. The highest BCUT2D eigenvalue weighted by Gasteiger charge is 2.18. The number of aromatic nitrogens is 1. The van der Waals surface area contributed by atoms with E-state index in [9.17, 15) is 0 Å². The molecule has 0 fully saturated rings. The minimum absolute atomic E-state index is 0.139. The SMILES string of the molecule is CCCCCCN(C)Cc1c(OC(C)C)cc(-c2c(CC)cccc2CC)nc1C. The summed E-state index contributed by atoms with van der Waals surface area (Å²) in [6, 6.07) is 8.81. The molecule has 3 nitrogen and oxygen atoms in total. The van der Waals surface area contributed by atoms with Crippen LogP contribution >= 0.6 is 0 Å². The van der Waals surface area contributed by atoms with Crippen molar-refractivity contribution in [2.45, 2.75) is 92.7 Å². The third-order valence-electron chi connectivity index (χ3n) is 5.73. The van der Waals surface area contributed by atoms with Crippen molar-refractivity contribution in [3.8, 4) is 17.0 Å². The molecule has 1 aromatic carbocycles. The van der Waals surface area contributed by atoms with Gasteiger partial charge in [0.05, 0.1) is 11.8 Å². The van der Waals surface area contributed by atoms with E-state index in [1.807, 2.05) is 0 Å². The molecule has 0 N–H and O–H groups in total. The maximum absolute atomic E-state index is 6.31. The van der Waals surface area contributed by atoms with Gasteiger partial charge >= 0.3 is 0 Å². The second kappa shape index (κ2) is 12.1. The van der Waals surface area contributed by atoms with Crippen LogP contribution in [0.2, 0.25) is 0 Å². The van der Waals surface area contributed by atoms with Crippen LogP contribution in [-0.4, -0.2) is 29.6 Å². The monoisotopic (exact) mass is 410 g/mol. The largest absolute Gasteiger partial charge is 0.491 e. The van der Waals surface area contributed by atoms with E-state index in [0.29, 0.717) is 0 Å². The van der Waals surface area contributed by atoms with Gasteiger partial charge in [-0.05, 0) is 64.8 Å². The third-order valence-corrected chi connectivity index (χ3v) is 5.73. The predicted molar refractivity (Wildman–Crippen MR) is 129 cm³/mol. The molecule has 0 amide bonds. The van der Waals surface area contributed by atoms with Crippen LogP contribution in [0.4, 0.5) is 0 Å². The summed E-state index contributed by atoms with van der Waals surface area (Å²) in [4.78, 5) is 7.49. The van der Waals surface area contributed by atoms with Gasteiger partial charge in [-0.3, -0.25) is 4.98 Å². The molecule has 2 aromatic rings. The fraction of sp³-hybridized carbons (Fsp3) is 0.593. The van der Waals surface area contributed by atoms with Crippen LogP contribution in [0.1, 0.15) is 82.7 Å². The molecular formula is C27H42N2O. The van der Waals surface area contributed by atoms with Crippen molar-refractivity contribution in [3.05, 3.63) is 46.6 Å².